The molecule has 0 aromatic carbocycles. The fourth-order valence-electron chi connectivity index (χ4n) is 0.416. The molecule has 0 saturated carbocycles. The third kappa shape index (κ3) is 4.10. The Kier molecular flexibility index (Phi) is 7.55. The van der Waals surface area contributed by atoms with Gasteiger partial charge in [-0.05, 0) is 0 Å². The first kappa shape index (κ1) is 13.2. The Morgan fingerprint density at radius 1 is 1.27 bits per heavy atom. The molecule has 0 spiro atoms. The van der Waals surface area contributed by atoms with Crippen LogP contribution in [-0.4, -0.2) is 60.0 Å². The normalized spacial score (nSPS) is 17.8. The van der Waals surface area contributed by atoms with Gasteiger partial charge in [0.15, 0.2) is 6.29 Å². The zero-order chi connectivity index (χ0) is 8.15. The zero-order valence-electron chi connectivity index (χ0n) is 5.79. The van der Waals surface area contributed by atoms with Crippen molar-refractivity contribution in [1.29, 1.82) is 0 Å². The van der Waals surface area contributed by atoms with Crippen molar-refractivity contribution < 1.29 is 25.2 Å². The van der Waals surface area contributed by atoms with E-state index in [1.54, 1.807) is 0 Å². The molecule has 0 aromatic heterocycles. The molecule has 3 radical (unpaired) electrons. The molecule has 0 aliphatic carbocycles. The summed E-state index contributed by atoms with van der Waals surface area (Å²) in [5.41, 5.74) is 0. The Labute approximate surface area is 65.9 Å². The predicted molar refractivity (Wildman–Crippen MR) is 36.9 cm³/mol. The van der Waals surface area contributed by atoms with Crippen LogP contribution in [0.2, 0.25) is 0 Å². The number of hydrogen-bond acceptors (Lipinski definition) is 5. The molecule has 3 atom stereocenters. The molecule has 0 rings (SSSR count). The van der Waals surface area contributed by atoms with Crippen LogP contribution < -0.4 is 0 Å². The Bertz CT molecular complexity index is 109. The summed E-state index contributed by atoms with van der Waals surface area (Å²) in [5, 5.41) is 34.1. The molecule has 3 unspecified atom stereocenters. The first-order chi connectivity index (χ1) is 4.63. The number of carbonyl (C=O) groups excluding carboxylic acids is 1. The van der Waals surface area contributed by atoms with Gasteiger partial charge in [0, 0.05) is 8.41 Å². The van der Waals surface area contributed by atoms with Gasteiger partial charge in [0.25, 0.3) is 0 Å². The summed E-state index contributed by atoms with van der Waals surface area (Å²) in [4.78, 5) is 9.76. The summed E-state index contributed by atoms with van der Waals surface area (Å²) >= 11 is 0. The number of aldehydes is 1. The fraction of sp³-hybridized carbons (Fsp3) is 0.800. The van der Waals surface area contributed by atoms with Gasteiger partial charge in [-0.2, -0.15) is 0 Å². The minimum atomic E-state index is -1.64. The zero-order valence-corrected chi connectivity index (χ0v) is 5.79. The van der Waals surface area contributed by atoms with E-state index in [1.807, 2.05) is 0 Å². The lowest BCUT2D eigenvalue weighted by molar-refractivity contribution is -0.127. The smallest absolute Gasteiger partial charge is 0.151 e. The van der Waals surface area contributed by atoms with Gasteiger partial charge in [-0.25, -0.2) is 0 Å². The number of aliphatic hydroxyl groups is 4. The van der Waals surface area contributed by atoms with Gasteiger partial charge in [-0.15, -0.1) is 0 Å². The van der Waals surface area contributed by atoms with Gasteiger partial charge in [0.05, 0.1) is 6.61 Å². The van der Waals surface area contributed by atoms with Gasteiger partial charge in [-0.1, -0.05) is 0 Å². The molecule has 0 aromatic rings. The van der Waals surface area contributed by atoms with Crippen LogP contribution in [0.5, 0.6) is 0 Å². The van der Waals surface area contributed by atoms with Crippen LogP contribution in [0.1, 0.15) is 0 Å². The Hall–Kier alpha value is -0.425. The second-order valence-corrected chi connectivity index (χ2v) is 1.87. The third-order valence-electron chi connectivity index (χ3n) is 1.07. The minimum Gasteiger partial charge on any atom is -0.394 e. The molecule has 0 amide bonds. The molecule has 4 N–H and O–H groups in total. The van der Waals surface area contributed by atoms with Crippen LogP contribution in [0.15, 0.2) is 0 Å². The maximum atomic E-state index is 9.76. The van der Waals surface area contributed by atoms with E-state index < -0.39 is 24.9 Å². The van der Waals surface area contributed by atoms with Crippen molar-refractivity contribution in [2.75, 3.05) is 6.61 Å². The van der Waals surface area contributed by atoms with Crippen LogP contribution in [-0.2, 0) is 4.79 Å². The summed E-state index contributed by atoms with van der Waals surface area (Å²) in [6.07, 6.45) is -4.63. The van der Waals surface area contributed by atoms with E-state index in [0.29, 0.717) is 0 Å². The van der Waals surface area contributed by atoms with Gasteiger partial charge in [0.1, 0.15) is 18.3 Å². The molecular formula is C5H10BO5. The van der Waals surface area contributed by atoms with E-state index in [4.69, 9.17) is 20.4 Å². The monoisotopic (exact) mass is 161 g/mol. The third-order valence-corrected chi connectivity index (χ3v) is 1.07. The van der Waals surface area contributed by atoms with E-state index in [2.05, 4.69) is 0 Å². The van der Waals surface area contributed by atoms with E-state index in [0.717, 1.165) is 0 Å². The Morgan fingerprint density at radius 3 is 2.00 bits per heavy atom. The highest BCUT2D eigenvalue weighted by molar-refractivity contribution is 5.75. The van der Waals surface area contributed by atoms with Gasteiger partial charge in [0.2, 0.25) is 0 Å². The lowest BCUT2D eigenvalue weighted by Crippen LogP contribution is -2.40. The molecule has 11 heavy (non-hydrogen) atoms. The second-order valence-electron chi connectivity index (χ2n) is 1.87. The van der Waals surface area contributed by atoms with Gasteiger partial charge >= 0.3 is 0 Å². The summed E-state index contributed by atoms with van der Waals surface area (Å²) in [6, 6.07) is 0. The van der Waals surface area contributed by atoms with Crippen molar-refractivity contribution in [2.45, 2.75) is 18.3 Å². The molecule has 6 heteroatoms. The van der Waals surface area contributed by atoms with Gasteiger partial charge < -0.3 is 25.2 Å². The summed E-state index contributed by atoms with van der Waals surface area (Å²) in [7, 11) is 0. The van der Waals surface area contributed by atoms with Crippen molar-refractivity contribution in [3.8, 4) is 0 Å². The Balaban J connectivity index is 0. The van der Waals surface area contributed by atoms with Crippen LogP contribution in [0.25, 0.3) is 0 Å². The van der Waals surface area contributed by atoms with Crippen molar-refractivity contribution in [1.82, 2.24) is 0 Å². The van der Waals surface area contributed by atoms with E-state index in [-0.39, 0.29) is 14.7 Å². The topological polar surface area (TPSA) is 98.0 Å². The summed E-state index contributed by atoms with van der Waals surface area (Å²) < 4.78 is 0. The predicted octanol–water partition coefficient (Wildman–Crippen LogP) is -3.12. The van der Waals surface area contributed by atoms with E-state index in [1.165, 1.54) is 0 Å². The van der Waals surface area contributed by atoms with Crippen LogP contribution >= 0.6 is 0 Å². The molecule has 0 fully saturated rings. The molecular weight excluding hydrogens is 151 g/mol. The Morgan fingerprint density at radius 2 is 1.73 bits per heavy atom. The van der Waals surface area contributed by atoms with Crippen LogP contribution in [0, 0.1) is 0 Å². The average molecular weight is 161 g/mol. The van der Waals surface area contributed by atoms with Crippen molar-refractivity contribution in [2.24, 2.45) is 0 Å². The highest BCUT2D eigenvalue weighted by Gasteiger charge is 2.22. The van der Waals surface area contributed by atoms with Crippen molar-refractivity contribution in [3.63, 3.8) is 0 Å². The van der Waals surface area contributed by atoms with E-state index >= 15 is 0 Å². The molecule has 0 bridgehead atoms. The molecule has 0 aliphatic heterocycles. The largest absolute Gasteiger partial charge is 0.394 e. The van der Waals surface area contributed by atoms with Crippen LogP contribution in [0.4, 0.5) is 0 Å². The highest BCUT2D eigenvalue weighted by Crippen LogP contribution is 1.96. The fourth-order valence-corrected chi connectivity index (χ4v) is 0.416. The second kappa shape index (κ2) is 6.30. The number of carbonyl (C=O) groups is 1. The first-order valence-electron chi connectivity index (χ1n) is 2.73. The minimum absolute atomic E-state index is 0. The molecule has 5 nitrogen and oxygen atoms in total. The lowest BCUT2D eigenvalue weighted by atomic mass is 10.1. The average Bonchev–Trinajstić information content (AvgIpc) is 2.00. The number of rotatable bonds is 4. The summed E-state index contributed by atoms with van der Waals surface area (Å²) in [5.74, 6) is 0. The van der Waals surface area contributed by atoms with E-state index in [9.17, 15) is 4.79 Å². The van der Waals surface area contributed by atoms with Gasteiger partial charge in [-0.3, -0.25) is 0 Å². The molecule has 0 heterocycles. The van der Waals surface area contributed by atoms with Crippen molar-refractivity contribution >= 4 is 14.7 Å². The molecule has 0 aliphatic rings. The summed E-state index contributed by atoms with van der Waals surface area (Å²) in [6.45, 7) is -0.688. The molecule has 63 valence electrons. The number of hydrogen-bond donors (Lipinski definition) is 4. The van der Waals surface area contributed by atoms with Crippen molar-refractivity contribution in [3.05, 3.63) is 0 Å². The maximum absolute atomic E-state index is 9.76. The first-order valence-corrected chi connectivity index (χ1v) is 2.73. The van der Waals surface area contributed by atoms with Crippen LogP contribution in [0.3, 0.4) is 0 Å². The number of aliphatic hydroxyl groups excluding tert-OH is 4. The highest BCUT2D eigenvalue weighted by atomic mass is 16.4. The molecule has 0 saturated heterocycles. The quantitative estimate of drug-likeness (QED) is 0.258. The standard InChI is InChI=1S/C5H10O5.B/c6-1-3(8)5(10)4(9)2-7;/h1,3-5,7-10H,2H2;. The maximum Gasteiger partial charge on any atom is 0.151 e. The lowest BCUT2D eigenvalue weighted by Gasteiger charge is -2.16. The SMILES string of the molecule is O=CC(O)C(O)C(O)CO.[B].